The number of benzene rings is 1. The van der Waals surface area contributed by atoms with E-state index in [2.05, 4.69) is 48.3 Å². The number of pyridine rings is 1. The molecule has 56 heavy (non-hydrogen) atoms. The van der Waals surface area contributed by atoms with Crippen LogP contribution in [0.2, 0.25) is 0 Å². The first kappa shape index (κ1) is 40.0. The number of urea groups is 1. The standard InChI is InChI=1S/C42H58N6O7S/c1-25(2)54-34-20-33(29-15-16-32(53-7)26(3)35(29)44-34)55-28-19-31-36(49)45-42(38(51)46-56-41(6)17-18-41)21-27(42)13-11-9-8-10-12-14-30(37(50)48(31)22-28)43-39(52)47-23-40(4,5)24-47/h11,13,15-16,20,25,27-28,30-31H,8-10,12,14,17-19,21-24H2,1-7H3,(H,43,52)(H,45,49)(H,46,51)/b13-11-/t27-,28-,30+,31+,42-/m1/s1. The third-order valence-electron chi connectivity index (χ3n) is 11.8. The Morgan fingerprint density at radius 3 is 2.54 bits per heavy atom. The molecule has 3 aliphatic heterocycles. The van der Waals surface area contributed by atoms with Crippen LogP contribution in [0.3, 0.4) is 0 Å². The Morgan fingerprint density at radius 1 is 1.07 bits per heavy atom. The molecule has 1 aromatic heterocycles. The van der Waals surface area contributed by atoms with Gasteiger partial charge in [-0.1, -0.05) is 38.8 Å². The van der Waals surface area contributed by atoms with Crippen molar-refractivity contribution in [2.45, 2.75) is 134 Å². The van der Waals surface area contributed by atoms with Crippen molar-refractivity contribution < 1.29 is 33.4 Å². The number of likely N-dealkylation sites (tertiary alicyclic amines) is 1. The number of carbonyl (C=O) groups is 4. The second-order valence-electron chi connectivity index (χ2n) is 17.7. The van der Waals surface area contributed by atoms with E-state index in [4.69, 9.17) is 19.2 Å². The van der Waals surface area contributed by atoms with E-state index in [1.165, 1.54) is 11.9 Å². The molecule has 0 spiro atoms. The van der Waals surface area contributed by atoms with Crippen molar-refractivity contribution in [1.82, 2.24) is 30.1 Å². The van der Waals surface area contributed by atoms with Crippen LogP contribution < -0.4 is 29.6 Å². The quantitative estimate of drug-likeness (QED) is 0.211. The number of fused-ring (bicyclic) bond motifs is 3. The summed E-state index contributed by atoms with van der Waals surface area (Å²) in [5.41, 5.74) is 0.401. The van der Waals surface area contributed by atoms with Crippen molar-refractivity contribution in [3.05, 3.63) is 35.9 Å². The summed E-state index contributed by atoms with van der Waals surface area (Å²) in [5, 5.41) is 6.93. The normalized spacial score (nSPS) is 28.8. The Kier molecular flexibility index (Phi) is 11.2. The zero-order valence-corrected chi connectivity index (χ0v) is 34.7. The van der Waals surface area contributed by atoms with Gasteiger partial charge in [-0.2, -0.15) is 0 Å². The Hall–Kier alpha value is -4.20. The summed E-state index contributed by atoms with van der Waals surface area (Å²) < 4.78 is 21.5. The molecule has 0 radical (unpaired) electrons. The minimum absolute atomic E-state index is 0.0156. The third kappa shape index (κ3) is 8.55. The Labute approximate surface area is 334 Å². The van der Waals surface area contributed by atoms with E-state index >= 15 is 0 Å². The van der Waals surface area contributed by atoms with Gasteiger partial charge < -0.3 is 34.6 Å². The highest BCUT2D eigenvalue weighted by molar-refractivity contribution is 7.99. The molecule has 2 aromatic rings. The summed E-state index contributed by atoms with van der Waals surface area (Å²) >= 11 is 1.43. The molecule has 4 heterocycles. The van der Waals surface area contributed by atoms with Gasteiger partial charge in [0, 0.05) is 52.6 Å². The molecule has 5 aliphatic rings. The van der Waals surface area contributed by atoms with Crippen LogP contribution in [0.15, 0.2) is 30.4 Å². The van der Waals surface area contributed by atoms with Gasteiger partial charge in [-0.3, -0.25) is 19.1 Å². The number of ether oxygens (including phenoxy) is 3. The number of hydrogen-bond donors (Lipinski definition) is 3. The molecule has 2 saturated carbocycles. The Bertz CT molecular complexity index is 1890. The van der Waals surface area contributed by atoms with Gasteiger partial charge in [-0.05, 0) is 90.3 Å². The Balaban J connectivity index is 1.20. The SMILES string of the molecule is COc1ccc2c(O[C@@H]3C[C@H]4C(=O)N[C@]5(C(=O)NSC6(C)CC6)C[C@H]5/C=C\CCCCC[C@H](NC(=O)N5CC(C)(C)C5)C(=O)N4C3)cc(OC(C)C)nc2c1C. The third-order valence-corrected chi connectivity index (χ3v) is 13.0. The van der Waals surface area contributed by atoms with Crippen LogP contribution in [0.25, 0.3) is 10.9 Å². The van der Waals surface area contributed by atoms with Gasteiger partial charge in [0.25, 0.3) is 5.91 Å². The van der Waals surface area contributed by atoms with E-state index in [1.807, 2.05) is 32.9 Å². The number of nitrogens with zero attached hydrogens (tertiary/aromatic N) is 3. The number of aryl methyl sites for hydroxylation is 1. The lowest BCUT2D eigenvalue weighted by atomic mass is 9.85. The first-order valence-electron chi connectivity index (χ1n) is 20.2. The lowest BCUT2D eigenvalue weighted by molar-refractivity contribution is -0.141. The molecule has 5 amide bonds. The number of nitrogens with one attached hydrogen (secondary N) is 3. The van der Waals surface area contributed by atoms with Gasteiger partial charge in [0.1, 0.15) is 35.2 Å². The fourth-order valence-electron chi connectivity index (χ4n) is 8.23. The van der Waals surface area contributed by atoms with Gasteiger partial charge in [0.2, 0.25) is 17.7 Å². The van der Waals surface area contributed by atoms with Crippen LogP contribution in [0.1, 0.15) is 98.0 Å². The minimum atomic E-state index is -1.11. The molecule has 13 nitrogen and oxygen atoms in total. The maximum atomic E-state index is 14.7. The highest BCUT2D eigenvalue weighted by atomic mass is 32.2. The molecular weight excluding hydrogens is 733 g/mol. The summed E-state index contributed by atoms with van der Waals surface area (Å²) in [5.74, 6) is 0.457. The zero-order chi connectivity index (χ0) is 40.0. The molecule has 2 aliphatic carbocycles. The molecule has 0 unspecified atom stereocenters. The molecule has 1 aromatic carbocycles. The molecule has 14 heteroatoms. The van der Waals surface area contributed by atoms with Crippen molar-refractivity contribution >= 4 is 46.6 Å². The lowest BCUT2D eigenvalue weighted by Gasteiger charge is -2.46. The molecule has 3 N–H and O–H groups in total. The number of amides is 5. The minimum Gasteiger partial charge on any atom is -0.496 e. The molecular formula is C42H58N6O7S. The van der Waals surface area contributed by atoms with E-state index in [0.29, 0.717) is 48.8 Å². The van der Waals surface area contributed by atoms with Crippen LogP contribution in [0.4, 0.5) is 4.79 Å². The fourth-order valence-corrected chi connectivity index (χ4v) is 9.06. The number of allylic oxidation sites excluding steroid dienone is 1. The van der Waals surface area contributed by atoms with E-state index in [0.717, 1.165) is 49.5 Å². The summed E-state index contributed by atoms with van der Waals surface area (Å²) in [7, 11) is 1.61. The predicted molar refractivity (Wildman–Crippen MR) is 216 cm³/mol. The van der Waals surface area contributed by atoms with Gasteiger partial charge >= 0.3 is 6.03 Å². The van der Waals surface area contributed by atoms with Crippen molar-refractivity contribution in [3.63, 3.8) is 0 Å². The van der Waals surface area contributed by atoms with Crippen LogP contribution in [0, 0.1) is 18.3 Å². The van der Waals surface area contributed by atoms with Crippen molar-refractivity contribution in [2.75, 3.05) is 26.7 Å². The molecule has 4 fully saturated rings. The fraction of sp³-hybridized carbons (Fsp3) is 0.643. The predicted octanol–water partition coefficient (Wildman–Crippen LogP) is 5.82. The molecule has 7 rings (SSSR count). The van der Waals surface area contributed by atoms with Crippen LogP contribution >= 0.6 is 11.9 Å². The Morgan fingerprint density at radius 2 is 1.84 bits per heavy atom. The van der Waals surface area contributed by atoms with Gasteiger partial charge in [-0.25, -0.2) is 9.78 Å². The zero-order valence-electron chi connectivity index (χ0n) is 33.9. The summed E-state index contributed by atoms with van der Waals surface area (Å²) in [6, 6.07) is 3.46. The number of carbonyl (C=O) groups excluding carboxylic acids is 4. The van der Waals surface area contributed by atoms with Crippen LogP contribution in [0.5, 0.6) is 17.4 Å². The lowest BCUT2D eigenvalue weighted by Crippen LogP contribution is -2.62. The van der Waals surface area contributed by atoms with E-state index < -0.39 is 29.6 Å². The second-order valence-corrected chi connectivity index (χ2v) is 19.1. The van der Waals surface area contributed by atoms with E-state index in [1.54, 1.807) is 23.0 Å². The number of hydrogen-bond acceptors (Lipinski definition) is 9. The van der Waals surface area contributed by atoms with Crippen molar-refractivity contribution in [1.29, 1.82) is 0 Å². The van der Waals surface area contributed by atoms with Gasteiger partial charge in [-0.15, -0.1) is 0 Å². The van der Waals surface area contributed by atoms with Gasteiger partial charge in [0.15, 0.2) is 0 Å². The second kappa shape index (κ2) is 15.6. The summed E-state index contributed by atoms with van der Waals surface area (Å²) in [6.45, 7) is 13.4. The smallest absolute Gasteiger partial charge is 0.318 e. The maximum Gasteiger partial charge on any atom is 0.318 e. The average molecular weight is 791 g/mol. The number of methoxy groups -OCH3 is 1. The monoisotopic (exact) mass is 790 g/mol. The largest absolute Gasteiger partial charge is 0.496 e. The topological polar surface area (TPSA) is 151 Å². The van der Waals surface area contributed by atoms with Crippen LogP contribution in [-0.4, -0.2) is 99.9 Å². The van der Waals surface area contributed by atoms with Crippen molar-refractivity contribution in [3.8, 4) is 17.4 Å². The van der Waals surface area contributed by atoms with Crippen molar-refractivity contribution in [2.24, 2.45) is 11.3 Å². The first-order valence-corrected chi connectivity index (χ1v) is 21.1. The van der Waals surface area contributed by atoms with Gasteiger partial charge in [0.05, 0.1) is 25.3 Å². The summed E-state index contributed by atoms with van der Waals surface area (Å²) in [6.07, 6.45) is 9.95. The molecule has 304 valence electrons. The first-order chi connectivity index (χ1) is 26.6. The maximum absolute atomic E-state index is 14.7. The van der Waals surface area contributed by atoms with E-state index in [9.17, 15) is 19.2 Å². The van der Waals surface area contributed by atoms with E-state index in [-0.39, 0.29) is 53.0 Å². The molecule has 0 bridgehead atoms. The average Bonchev–Trinajstić information content (AvgIpc) is 4.00. The highest BCUT2D eigenvalue weighted by Gasteiger charge is 2.61. The number of rotatable bonds is 9. The molecule has 2 saturated heterocycles. The van der Waals surface area contributed by atoms with Crippen LogP contribution in [-0.2, 0) is 14.4 Å². The highest BCUT2D eigenvalue weighted by Crippen LogP contribution is 2.49. The number of aromatic nitrogens is 1. The molecule has 5 atom stereocenters. The summed E-state index contributed by atoms with van der Waals surface area (Å²) in [4.78, 5) is 64.8.